The van der Waals surface area contributed by atoms with Crippen molar-refractivity contribution in [2.45, 2.75) is 38.6 Å². The van der Waals surface area contributed by atoms with Crippen LogP contribution in [0.25, 0.3) is 0 Å². The Morgan fingerprint density at radius 3 is 2.47 bits per heavy atom. The first-order chi connectivity index (χ1) is 15.5. The maximum atomic E-state index is 13.7. The molecule has 0 bridgehead atoms. The summed E-state index contributed by atoms with van der Waals surface area (Å²) in [4.78, 5) is 37.6. The number of carbonyl (C=O) groups is 2. The highest BCUT2D eigenvalue weighted by Gasteiger charge is 2.45. The summed E-state index contributed by atoms with van der Waals surface area (Å²) >= 11 is 0. The molecule has 1 saturated carbocycles. The van der Waals surface area contributed by atoms with E-state index in [4.69, 9.17) is 4.99 Å². The number of para-hydroxylation sites is 2. The van der Waals surface area contributed by atoms with Crippen molar-refractivity contribution in [2.75, 3.05) is 4.90 Å². The van der Waals surface area contributed by atoms with E-state index in [1.165, 1.54) is 5.56 Å². The van der Waals surface area contributed by atoms with Gasteiger partial charge in [0, 0.05) is 31.4 Å². The number of nitrogens with zero attached hydrogens (tertiary/aromatic N) is 3. The van der Waals surface area contributed by atoms with Crippen LogP contribution in [0, 0.1) is 12.8 Å². The molecule has 3 atom stereocenters. The minimum atomic E-state index is -0.489. The average Bonchev–Trinajstić information content (AvgIpc) is 2.94. The molecule has 1 unspecified atom stereocenters. The zero-order chi connectivity index (χ0) is 22.2. The Morgan fingerprint density at radius 1 is 0.969 bits per heavy atom. The lowest BCUT2D eigenvalue weighted by Crippen LogP contribution is -2.45. The van der Waals surface area contributed by atoms with Gasteiger partial charge in [-0.3, -0.25) is 19.6 Å². The largest absolute Gasteiger partial charge is 0.302 e. The molecule has 5 rings (SSSR count). The second kappa shape index (κ2) is 8.15. The third-order valence-corrected chi connectivity index (χ3v) is 6.52. The number of aryl methyl sites for hydroxylation is 1. The fraction of sp³-hybridized carbons (Fsp3) is 0.259. The first kappa shape index (κ1) is 20.3. The number of hydrogen-bond donors (Lipinski definition) is 0. The molecule has 2 aromatic carbocycles. The molecular weight excluding hydrogens is 398 g/mol. The summed E-state index contributed by atoms with van der Waals surface area (Å²) in [5, 5.41) is 0. The van der Waals surface area contributed by atoms with E-state index in [0.29, 0.717) is 12.8 Å². The topological polar surface area (TPSA) is 62.6 Å². The van der Waals surface area contributed by atoms with Gasteiger partial charge >= 0.3 is 0 Å². The summed E-state index contributed by atoms with van der Waals surface area (Å²) in [7, 11) is 0. The molecule has 0 spiro atoms. The summed E-state index contributed by atoms with van der Waals surface area (Å²) in [6, 6.07) is 19.4. The minimum absolute atomic E-state index is 0.0867. The van der Waals surface area contributed by atoms with E-state index in [0.717, 1.165) is 28.2 Å². The van der Waals surface area contributed by atoms with Crippen molar-refractivity contribution in [1.82, 2.24) is 4.98 Å². The normalized spacial score (nSPS) is 22.4. The lowest BCUT2D eigenvalue weighted by atomic mass is 9.72. The predicted octanol–water partition coefficient (Wildman–Crippen LogP) is 5.33. The van der Waals surface area contributed by atoms with Gasteiger partial charge in [-0.25, -0.2) is 0 Å². The maximum absolute atomic E-state index is 13.7. The zero-order valence-corrected chi connectivity index (χ0v) is 18.2. The number of ketones is 1. The number of aliphatic imine (C=N–C) groups is 1. The number of fused-ring (bicyclic) bond motifs is 2. The van der Waals surface area contributed by atoms with Gasteiger partial charge in [-0.05, 0) is 48.6 Å². The highest BCUT2D eigenvalue weighted by molar-refractivity contribution is 6.13. The Kier molecular flexibility index (Phi) is 5.17. The first-order valence-electron chi connectivity index (χ1n) is 11.0. The second-order valence-electron chi connectivity index (χ2n) is 8.67. The number of anilines is 1. The number of amides is 1. The van der Waals surface area contributed by atoms with E-state index in [-0.39, 0.29) is 17.6 Å². The zero-order valence-electron chi connectivity index (χ0n) is 18.2. The summed E-state index contributed by atoms with van der Waals surface area (Å²) in [6.07, 6.45) is 4.59. The van der Waals surface area contributed by atoms with Gasteiger partial charge in [-0.1, -0.05) is 48.0 Å². The molecule has 32 heavy (non-hydrogen) atoms. The average molecular weight is 424 g/mol. The van der Waals surface area contributed by atoms with Gasteiger partial charge in [-0.15, -0.1) is 0 Å². The molecule has 1 fully saturated rings. The van der Waals surface area contributed by atoms with Gasteiger partial charge in [-0.2, -0.15) is 0 Å². The second-order valence-corrected chi connectivity index (χ2v) is 8.67. The molecule has 0 radical (unpaired) electrons. The van der Waals surface area contributed by atoms with Crippen molar-refractivity contribution in [2.24, 2.45) is 10.9 Å². The summed E-state index contributed by atoms with van der Waals surface area (Å²) in [5.41, 5.74) is 5.50. The third-order valence-electron chi connectivity index (χ3n) is 6.52. The van der Waals surface area contributed by atoms with Crippen LogP contribution < -0.4 is 4.90 Å². The summed E-state index contributed by atoms with van der Waals surface area (Å²) in [6.45, 7) is 3.61. The Bertz CT molecular complexity index is 1200. The van der Waals surface area contributed by atoms with Crippen molar-refractivity contribution < 1.29 is 9.59 Å². The molecule has 5 nitrogen and oxygen atoms in total. The fourth-order valence-electron chi connectivity index (χ4n) is 5.03. The number of benzene rings is 2. The molecule has 1 aromatic heterocycles. The lowest BCUT2D eigenvalue weighted by molar-refractivity contribution is -0.123. The van der Waals surface area contributed by atoms with E-state index in [1.54, 1.807) is 24.2 Å². The van der Waals surface area contributed by atoms with Crippen LogP contribution in [-0.2, 0) is 9.59 Å². The molecule has 0 saturated heterocycles. The van der Waals surface area contributed by atoms with Crippen molar-refractivity contribution in [3.8, 4) is 0 Å². The van der Waals surface area contributed by atoms with Gasteiger partial charge < -0.3 is 4.90 Å². The van der Waals surface area contributed by atoms with Crippen molar-refractivity contribution in [1.29, 1.82) is 0 Å². The van der Waals surface area contributed by atoms with Crippen LogP contribution in [0.2, 0.25) is 0 Å². The van der Waals surface area contributed by atoms with Crippen LogP contribution in [0.15, 0.2) is 78.0 Å². The Balaban J connectivity index is 1.66. The van der Waals surface area contributed by atoms with Crippen LogP contribution in [-0.4, -0.2) is 22.4 Å². The van der Waals surface area contributed by atoms with E-state index in [9.17, 15) is 9.59 Å². The number of Topliss-reactive ketones (excluding diaryl/α,β-unsaturated/α-hetero) is 1. The molecule has 3 aromatic rings. The number of pyridine rings is 1. The van der Waals surface area contributed by atoms with Gasteiger partial charge in [0.25, 0.3) is 0 Å². The monoisotopic (exact) mass is 423 g/mol. The third kappa shape index (κ3) is 3.54. The maximum Gasteiger partial charge on any atom is 0.224 e. The SMILES string of the molecule is CC(=O)N1c2ccccc2N=C2C[C@@H](c3ccc(C)cc3)CC(=O)C2[C@@H]1c1cccnc1. The van der Waals surface area contributed by atoms with E-state index in [2.05, 4.69) is 36.2 Å². The quantitative estimate of drug-likeness (QED) is 0.559. The van der Waals surface area contributed by atoms with Crippen LogP contribution >= 0.6 is 0 Å². The Labute approximate surface area is 187 Å². The van der Waals surface area contributed by atoms with E-state index in [1.807, 2.05) is 36.4 Å². The highest BCUT2D eigenvalue weighted by atomic mass is 16.2. The lowest BCUT2D eigenvalue weighted by Gasteiger charge is -2.38. The van der Waals surface area contributed by atoms with Crippen LogP contribution in [0.4, 0.5) is 11.4 Å². The molecule has 1 aliphatic carbocycles. The van der Waals surface area contributed by atoms with E-state index < -0.39 is 12.0 Å². The van der Waals surface area contributed by atoms with Crippen molar-refractivity contribution in [3.05, 3.63) is 89.7 Å². The summed E-state index contributed by atoms with van der Waals surface area (Å²) < 4.78 is 0. The van der Waals surface area contributed by atoms with Gasteiger partial charge in [0.05, 0.1) is 23.3 Å². The number of aromatic nitrogens is 1. The van der Waals surface area contributed by atoms with Crippen LogP contribution in [0.5, 0.6) is 0 Å². The number of hydrogen-bond acceptors (Lipinski definition) is 4. The molecule has 0 N–H and O–H groups in total. The highest BCUT2D eigenvalue weighted by Crippen LogP contribution is 2.47. The molecular formula is C27H25N3O2. The van der Waals surface area contributed by atoms with Crippen molar-refractivity contribution >= 4 is 28.8 Å². The van der Waals surface area contributed by atoms with Crippen molar-refractivity contribution in [3.63, 3.8) is 0 Å². The Hall–Kier alpha value is -3.60. The molecule has 160 valence electrons. The summed E-state index contributed by atoms with van der Waals surface area (Å²) in [5.74, 6) is -0.398. The Morgan fingerprint density at radius 2 is 1.75 bits per heavy atom. The van der Waals surface area contributed by atoms with E-state index >= 15 is 0 Å². The first-order valence-corrected chi connectivity index (χ1v) is 11.0. The van der Waals surface area contributed by atoms with Crippen LogP contribution in [0.1, 0.15) is 48.4 Å². The van der Waals surface area contributed by atoms with Gasteiger partial charge in [0.2, 0.25) is 5.91 Å². The predicted molar refractivity (Wildman–Crippen MR) is 125 cm³/mol. The molecule has 2 aliphatic rings. The number of rotatable bonds is 2. The fourth-order valence-corrected chi connectivity index (χ4v) is 5.03. The standard InChI is InChI=1S/C27H25N3O2/c1-17-9-11-19(12-10-17)21-14-23-26(25(32)15-21)27(20-6-5-13-28-16-20)30(18(2)31)24-8-4-3-7-22(24)29-23/h3-13,16,21,26-27H,14-15H2,1-2H3/t21-,26?,27+/m1/s1. The van der Waals surface area contributed by atoms with Gasteiger partial charge in [0.15, 0.2) is 0 Å². The minimum Gasteiger partial charge on any atom is -0.302 e. The number of carbonyl (C=O) groups excluding carboxylic acids is 2. The molecule has 5 heteroatoms. The smallest absolute Gasteiger partial charge is 0.224 e. The molecule has 2 heterocycles. The molecule has 1 aliphatic heterocycles. The molecule has 1 amide bonds. The van der Waals surface area contributed by atoms with Crippen LogP contribution in [0.3, 0.4) is 0 Å². The van der Waals surface area contributed by atoms with Gasteiger partial charge in [0.1, 0.15) is 5.78 Å².